The molecule has 4 rings (SSSR count). The van der Waals surface area contributed by atoms with Crippen LogP contribution in [0.3, 0.4) is 0 Å². The lowest BCUT2D eigenvalue weighted by Crippen LogP contribution is -2.48. The third-order valence-electron chi connectivity index (χ3n) is 6.32. The summed E-state index contributed by atoms with van der Waals surface area (Å²) >= 11 is 0. The Labute approximate surface area is 185 Å². The van der Waals surface area contributed by atoms with Gasteiger partial charge in [-0.1, -0.05) is 37.6 Å². The molecule has 2 aliphatic heterocycles. The number of hydrogen-bond acceptors (Lipinski definition) is 5. The zero-order valence-electron chi connectivity index (χ0n) is 18.4. The van der Waals surface area contributed by atoms with Crippen LogP contribution in [-0.4, -0.2) is 45.7 Å². The van der Waals surface area contributed by atoms with Crippen molar-refractivity contribution >= 4 is 15.7 Å². The molecule has 0 saturated carbocycles. The summed E-state index contributed by atoms with van der Waals surface area (Å²) in [6.45, 7) is 4.25. The molecule has 1 saturated heterocycles. The van der Waals surface area contributed by atoms with Crippen LogP contribution in [0.15, 0.2) is 47.4 Å². The molecule has 0 atom stereocenters. The smallest absolute Gasteiger partial charge is 0.243 e. The molecule has 0 spiro atoms. The van der Waals surface area contributed by atoms with E-state index >= 15 is 0 Å². The molecule has 31 heavy (non-hydrogen) atoms. The number of fused-ring (bicyclic) bond motifs is 1. The molecular weight excluding hydrogens is 412 g/mol. The van der Waals surface area contributed by atoms with E-state index in [4.69, 9.17) is 9.47 Å². The molecule has 0 amide bonds. The van der Waals surface area contributed by atoms with Gasteiger partial charge in [0.2, 0.25) is 10.0 Å². The number of methoxy groups -OCH3 is 1. The summed E-state index contributed by atoms with van der Waals surface area (Å²) in [5, 5.41) is 0. The fraction of sp³-hybridized carbons (Fsp3) is 0.500. The van der Waals surface area contributed by atoms with Gasteiger partial charge in [-0.05, 0) is 49.4 Å². The topological polar surface area (TPSA) is 59.1 Å². The van der Waals surface area contributed by atoms with Gasteiger partial charge in [0.25, 0.3) is 0 Å². The van der Waals surface area contributed by atoms with Crippen molar-refractivity contribution in [3.05, 3.63) is 53.6 Å². The first kappa shape index (κ1) is 22.1. The minimum absolute atomic E-state index is 0.221. The third kappa shape index (κ3) is 4.59. The molecule has 0 radical (unpaired) electrons. The minimum Gasteiger partial charge on any atom is -0.495 e. The zero-order valence-corrected chi connectivity index (χ0v) is 19.2. The van der Waals surface area contributed by atoms with E-state index in [1.165, 1.54) is 5.56 Å². The van der Waals surface area contributed by atoms with E-state index in [0.717, 1.165) is 49.1 Å². The largest absolute Gasteiger partial charge is 0.495 e. The van der Waals surface area contributed by atoms with Crippen molar-refractivity contribution in [2.45, 2.75) is 56.6 Å². The van der Waals surface area contributed by atoms with E-state index in [2.05, 4.69) is 17.9 Å². The number of piperidine rings is 1. The van der Waals surface area contributed by atoms with Crippen LogP contribution in [0.1, 0.15) is 43.7 Å². The summed E-state index contributed by atoms with van der Waals surface area (Å²) in [4.78, 5) is 2.63. The standard InChI is InChI=1S/C24H32N2O4S/c1-3-4-6-19-9-11-22(12-10-19)31(27,28)25-15-13-21(14-16-25)26-18-30-17-20-7-5-8-23(29-2)24(20)26/h5,7-12,21H,3-4,6,13-18H2,1-2H3. The number of sulfonamides is 1. The van der Waals surface area contributed by atoms with E-state index in [9.17, 15) is 8.42 Å². The number of unbranched alkanes of at least 4 members (excludes halogenated alkanes) is 1. The first-order valence-corrected chi connectivity index (χ1v) is 12.6. The number of aryl methyl sites for hydroxylation is 1. The van der Waals surface area contributed by atoms with Crippen LogP contribution in [0.5, 0.6) is 5.75 Å². The predicted octanol–water partition coefficient (Wildman–Crippen LogP) is 4.19. The van der Waals surface area contributed by atoms with Gasteiger partial charge in [0.1, 0.15) is 12.5 Å². The van der Waals surface area contributed by atoms with Gasteiger partial charge in [-0.15, -0.1) is 0 Å². The Morgan fingerprint density at radius 3 is 2.52 bits per heavy atom. The highest BCUT2D eigenvalue weighted by molar-refractivity contribution is 7.89. The summed E-state index contributed by atoms with van der Waals surface area (Å²) in [5.41, 5.74) is 3.39. The van der Waals surface area contributed by atoms with Gasteiger partial charge in [-0.25, -0.2) is 8.42 Å². The summed E-state index contributed by atoms with van der Waals surface area (Å²) < 4.78 is 39.3. The number of hydrogen-bond donors (Lipinski definition) is 0. The van der Waals surface area contributed by atoms with Gasteiger partial charge in [0, 0.05) is 24.7 Å². The van der Waals surface area contributed by atoms with Crippen LogP contribution in [0, 0.1) is 0 Å². The van der Waals surface area contributed by atoms with Crippen LogP contribution in [0.4, 0.5) is 5.69 Å². The normalized spacial score (nSPS) is 18.1. The van der Waals surface area contributed by atoms with Crippen molar-refractivity contribution in [3.63, 3.8) is 0 Å². The van der Waals surface area contributed by atoms with E-state index < -0.39 is 10.0 Å². The molecule has 0 unspecified atom stereocenters. The third-order valence-corrected chi connectivity index (χ3v) is 8.23. The Balaban J connectivity index is 1.45. The Morgan fingerprint density at radius 2 is 1.84 bits per heavy atom. The fourth-order valence-corrected chi connectivity index (χ4v) is 6.00. The average molecular weight is 445 g/mol. The van der Waals surface area contributed by atoms with Crippen molar-refractivity contribution in [1.82, 2.24) is 4.31 Å². The molecule has 0 bridgehead atoms. The lowest BCUT2D eigenvalue weighted by atomic mass is 10.0. The maximum atomic E-state index is 13.2. The molecule has 1 fully saturated rings. The fourth-order valence-electron chi connectivity index (χ4n) is 4.53. The maximum absolute atomic E-state index is 13.2. The van der Waals surface area contributed by atoms with Crippen LogP contribution >= 0.6 is 0 Å². The highest BCUT2D eigenvalue weighted by atomic mass is 32.2. The molecule has 0 aliphatic carbocycles. The lowest BCUT2D eigenvalue weighted by molar-refractivity contribution is 0.0979. The van der Waals surface area contributed by atoms with Crippen LogP contribution in [0.2, 0.25) is 0 Å². The molecule has 0 aromatic heterocycles. The summed E-state index contributed by atoms with van der Waals surface area (Å²) in [5.74, 6) is 0.846. The van der Waals surface area contributed by atoms with Gasteiger partial charge in [-0.2, -0.15) is 4.31 Å². The molecule has 0 N–H and O–H groups in total. The molecule has 2 aliphatic rings. The Kier molecular flexibility index (Phi) is 6.84. The minimum atomic E-state index is -3.47. The molecule has 2 aromatic carbocycles. The van der Waals surface area contributed by atoms with Crippen LogP contribution in [-0.2, 0) is 27.8 Å². The first-order chi connectivity index (χ1) is 15.0. The Hall–Kier alpha value is -2.09. The SMILES string of the molecule is CCCCc1ccc(S(=O)(=O)N2CCC(N3COCc4cccc(OC)c43)CC2)cc1. The second-order valence-electron chi connectivity index (χ2n) is 8.30. The zero-order chi connectivity index (χ0) is 21.8. The average Bonchev–Trinajstić information content (AvgIpc) is 2.82. The number of anilines is 1. The highest BCUT2D eigenvalue weighted by Gasteiger charge is 2.34. The maximum Gasteiger partial charge on any atom is 0.243 e. The van der Waals surface area contributed by atoms with E-state index in [1.807, 2.05) is 24.3 Å². The van der Waals surface area contributed by atoms with Gasteiger partial charge >= 0.3 is 0 Å². The first-order valence-electron chi connectivity index (χ1n) is 11.1. The molecule has 7 heteroatoms. The molecule has 2 aromatic rings. The number of para-hydroxylation sites is 1. The van der Waals surface area contributed by atoms with Gasteiger partial charge in [0.05, 0.1) is 24.3 Å². The summed E-state index contributed by atoms with van der Waals surface area (Å²) in [6, 6.07) is 13.6. The van der Waals surface area contributed by atoms with E-state index in [1.54, 1.807) is 23.5 Å². The van der Waals surface area contributed by atoms with Crippen molar-refractivity contribution < 1.29 is 17.9 Å². The van der Waals surface area contributed by atoms with Crippen molar-refractivity contribution in [2.75, 3.05) is 31.8 Å². The van der Waals surface area contributed by atoms with Gasteiger partial charge < -0.3 is 14.4 Å². The van der Waals surface area contributed by atoms with E-state index in [-0.39, 0.29) is 6.04 Å². The molecule has 6 nitrogen and oxygen atoms in total. The molecular formula is C24H32N2O4S. The van der Waals surface area contributed by atoms with Crippen LogP contribution in [0.25, 0.3) is 0 Å². The molecule has 2 heterocycles. The lowest BCUT2D eigenvalue weighted by Gasteiger charge is -2.42. The Morgan fingerprint density at radius 1 is 1.10 bits per heavy atom. The highest BCUT2D eigenvalue weighted by Crippen LogP contribution is 2.38. The van der Waals surface area contributed by atoms with Crippen LogP contribution < -0.4 is 9.64 Å². The Bertz CT molecular complexity index is 969. The van der Waals surface area contributed by atoms with E-state index in [0.29, 0.717) is 31.3 Å². The predicted molar refractivity (Wildman–Crippen MR) is 122 cm³/mol. The van der Waals surface area contributed by atoms with Crippen molar-refractivity contribution in [1.29, 1.82) is 0 Å². The number of nitrogens with zero attached hydrogens (tertiary/aromatic N) is 2. The van der Waals surface area contributed by atoms with Gasteiger partial charge in [-0.3, -0.25) is 0 Å². The number of ether oxygens (including phenoxy) is 2. The van der Waals surface area contributed by atoms with Crippen molar-refractivity contribution in [3.8, 4) is 5.75 Å². The summed E-state index contributed by atoms with van der Waals surface area (Å²) in [6.07, 6.45) is 4.76. The monoisotopic (exact) mass is 444 g/mol. The van der Waals surface area contributed by atoms with Gasteiger partial charge in [0.15, 0.2) is 0 Å². The number of benzene rings is 2. The molecule has 168 valence electrons. The second kappa shape index (κ2) is 9.59. The number of rotatable bonds is 7. The summed E-state index contributed by atoms with van der Waals surface area (Å²) in [7, 11) is -1.78. The quantitative estimate of drug-likeness (QED) is 0.641. The second-order valence-corrected chi connectivity index (χ2v) is 10.2. The van der Waals surface area contributed by atoms with Crippen molar-refractivity contribution in [2.24, 2.45) is 0 Å².